The first kappa shape index (κ1) is 24.0. The maximum Gasteiger partial charge on any atom is 0.417 e. The molecule has 0 radical (unpaired) electrons. The summed E-state index contributed by atoms with van der Waals surface area (Å²) in [6, 6.07) is 12.3. The van der Waals surface area contributed by atoms with Crippen LogP contribution in [0.3, 0.4) is 0 Å². The Balaban J connectivity index is 1.67. The quantitative estimate of drug-likeness (QED) is 0.618. The van der Waals surface area contributed by atoms with Crippen LogP contribution in [0.15, 0.2) is 42.5 Å². The summed E-state index contributed by atoms with van der Waals surface area (Å²) in [5.74, 6) is -0.366. The van der Waals surface area contributed by atoms with Crippen molar-refractivity contribution in [3.8, 4) is 6.07 Å². The molecular formula is C24H23F3N4O2S. The van der Waals surface area contributed by atoms with Gasteiger partial charge in [0.05, 0.1) is 17.2 Å². The smallest absolute Gasteiger partial charge is 0.359 e. The third-order valence-electron chi connectivity index (χ3n) is 6.56. The van der Waals surface area contributed by atoms with Gasteiger partial charge in [-0.15, -0.1) is 12.6 Å². The maximum atomic E-state index is 13.5. The molecule has 10 heteroatoms. The lowest BCUT2D eigenvalue weighted by Gasteiger charge is -2.44. The van der Waals surface area contributed by atoms with E-state index in [2.05, 4.69) is 17.9 Å². The van der Waals surface area contributed by atoms with Gasteiger partial charge in [0.2, 0.25) is 5.91 Å². The van der Waals surface area contributed by atoms with Crippen molar-refractivity contribution < 1.29 is 22.8 Å². The molecule has 1 spiro atoms. The normalized spacial score (nSPS) is 19.2. The monoisotopic (exact) mass is 488 g/mol. The van der Waals surface area contributed by atoms with Crippen molar-refractivity contribution in [1.29, 1.82) is 5.26 Å². The minimum atomic E-state index is -4.73. The average molecular weight is 489 g/mol. The highest BCUT2D eigenvalue weighted by Gasteiger charge is 2.60. The lowest BCUT2D eigenvalue weighted by molar-refractivity contribution is -0.137. The number of nitrogens with zero attached hydrogens (tertiary/aromatic N) is 3. The molecule has 2 fully saturated rings. The van der Waals surface area contributed by atoms with Crippen LogP contribution < -0.4 is 15.1 Å². The summed E-state index contributed by atoms with van der Waals surface area (Å²) in [5, 5.41) is 11.7. The minimum absolute atomic E-state index is 0.0484. The zero-order chi connectivity index (χ0) is 24.7. The summed E-state index contributed by atoms with van der Waals surface area (Å²) in [6.45, 7) is 0. The van der Waals surface area contributed by atoms with Gasteiger partial charge in [0.25, 0.3) is 5.91 Å². The van der Waals surface area contributed by atoms with Crippen LogP contribution >= 0.6 is 12.6 Å². The van der Waals surface area contributed by atoms with E-state index in [-0.39, 0.29) is 17.5 Å². The van der Waals surface area contributed by atoms with Crippen LogP contribution in [0.5, 0.6) is 0 Å². The van der Waals surface area contributed by atoms with E-state index in [0.717, 1.165) is 29.8 Å². The zero-order valence-corrected chi connectivity index (χ0v) is 19.3. The van der Waals surface area contributed by atoms with Gasteiger partial charge >= 0.3 is 6.18 Å². The van der Waals surface area contributed by atoms with Crippen LogP contribution in [0.25, 0.3) is 0 Å². The number of anilines is 2. The molecule has 2 amide bonds. The Morgan fingerprint density at radius 3 is 2.38 bits per heavy atom. The zero-order valence-electron chi connectivity index (χ0n) is 18.4. The summed E-state index contributed by atoms with van der Waals surface area (Å²) < 4.78 is 40.6. The molecule has 178 valence electrons. The number of hydrogen-bond acceptors (Lipinski definition) is 5. The number of halogens is 3. The van der Waals surface area contributed by atoms with Gasteiger partial charge in [0.15, 0.2) is 5.50 Å². The lowest BCUT2D eigenvalue weighted by atomic mass is 9.75. The van der Waals surface area contributed by atoms with Crippen molar-refractivity contribution in [3.63, 3.8) is 0 Å². The summed E-state index contributed by atoms with van der Waals surface area (Å²) in [4.78, 5) is 28.2. The van der Waals surface area contributed by atoms with Gasteiger partial charge < -0.3 is 10.2 Å². The lowest BCUT2D eigenvalue weighted by Crippen LogP contribution is -2.55. The van der Waals surface area contributed by atoms with Crippen LogP contribution in [-0.4, -0.2) is 29.9 Å². The van der Waals surface area contributed by atoms with E-state index in [4.69, 9.17) is 5.26 Å². The Morgan fingerprint density at radius 2 is 1.85 bits per heavy atom. The molecule has 4 rings (SSSR count). The molecule has 1 saturated carbocycles. The first-order valence-electron chi connectivity index (χ1n) is 10.8. The predicted molar refractivity (Wildman–Crippen MR) is 124 cm³/mol. The Morgan fingerprint density at radius 1 is 1.21 bits per heavy atom. The Kier molecular flexibility index (Phi) is 6.25. The van der Waals surface area contributed by atoms with E-state index in [0.29, 0.717) is 25.7 Å². The summed E-state index contributed by atoms with van der Waals surface area (Å²) in [5.41, 5.74) is -1.55. The molecule has 1 unspecified atom stereocenters. The van der Waals surface area contributed by atoms with Crippen LogP contribution in [0, 0.1) is 11.3 Å². The van der Waals surface area contributed by atoms with E-state index in [1.165, 1.54) is 11.0 Å². The number of carbonyl (C=O) groups is 2. The first-order chi connectivity index (χ1) is 16.1. The number of hydrogen-bond donors (Lipinski definition) is 2. The van der Waals surface area contributed by atoms with E-state index in [9.17, 15) is 22.8 Å². The fourth-order valence-electron chi connectivity index (χ4n) is 4.59. The molecule has 1 saturated heterocycles. The fraction of sp³-hybridized carbons (Fsp3) is 0.375. The molecule has 2 aliphatic rings. The number of aryl methyl sites for hydroxylation is 1. The molecular weight excluding hydrogens is 465 g/mol. The number of nitriles is 1. The van der Waals surface area contributed by atoms with E-state index in [1.54, 1.807) is 13.1 Å². The molecule has 0 aromatic heterocycles. The second-order valence-electron chi connectivity index (χ2n) is 8.46. The largest absolute Gasteiger partial charge is 0.417 e. The third-order valence-corrected chi connectivity index (χ3v) is 7.02. The number of thiol groups is 1. The van der Waals surface area contributed by atoms with Gasteiger partial charge in [0.1, 0.15) is 5.54 Å². The predicted octanol–water partition coefficient (Wildman–Crippen LogP) is 4.24. The topological polar surface area (TPSA) is 76.4 Å². The number of alkyl halides is 3. The van der Waals surface area contributed by atoms with Gasteiger partial charge in [-0.3, -0.25) is 14.5 Å². The van der Waals surface area contributed by atoms with Crippen molar-refractivity contribution in [2.24, 2.45) is 0 Å². The molecule has 34 heavy (non-hydrogen) atoms. The summed E-state index contributed by atoms with van der Waals surface area (Å²) >= 11 is 4.66. The third kappa shape index (κ3) is 3.98. The van der Waals surface area contributed by atoms with Crippen molar-refractivity contribution in [2.45, 2.75) is 49.3 Å². The Hall–Kier alpha value is -3.19. The average Bonchev–Trinajstić information content (AvgIpc) is 3.03. The molecule has 1 atom stereocenters. The highest BCUT2D eigenvalue weighted by Crippen LogP contribution is 2.50. The van der Waals surface area contributed by atoms with Gasteiger partial charge in [-0.1, -0.05) is 12.1 Å². The van der Waals surface area contributed by atoms with Crippen LogP contribution in [0.2, 0.25) is 0 Å². The van der Waals surface area contributed by atoms with Crippen molar-refractivity contribution in [2.75, 3.05) is 16.8 Å². The highest BCUT2D eigenvalue weighted by molar-refractivity contribution is 7.81. The number of amides is 2. The fourth-order valence-corrected chi connectivity index (χ4v) is 5.18. The number of carbonyl (C=O) groups excluding carboxylic acids is 2. The Bertz CT molecular complexity index is 1160. The molecule has 1 aliphatic heterocycles. The van der Waals surface area contributed by atoms with Crippen LogP contribution in [-0.2, 0) is 22.2 Å². The first-order valence-corrected chi connectivity index (χ1v) is 11.4. The SMILES string of the molecule is CNC(=O)CCc1ccc(N2C(S)N(c3ccc(C#N)c(C(F)(F)F)c3)C(=O)C23CCC3)cc1. The van der Waals surface area contributed by atoms with Gasteiger partial charge in [-0.25, -0.2) is 0 Å². The van der Waals surface area contributed by atoms with E-state index in [1.807, 2.05) is 29.2 Å². The van der Waals surface area contributed by atoms with Crippen LogP contribution in [0.4, 0.5) is 24.5 Å². The Labute approximate surface area is 200 Å². The standard InChI is InChI=1S/C24H23F3N4O2S/c1-29-20(32)10-5-15-3-7-17(8-4-15)31-22(34)30(21(33)23(31)11-2-12-23)18-9-6-16(14-28)19(13-18)24(25,26)27/h3-4,6-9,13,22,34H,2,5,10-12H2,1H3,(H,29,32). The summed E-state index contributed by atoms with van der Waals surface area (Å²) in [7, 11) is 1.58. The summed E-state index contributed by atoms with van der Waals surface area (Å²) in [6.07, 6.45) is -1.85. The maximum absolute atomic E-state index is 13.5. The van der Waals surface area contributed by atoms with Gasteiger partial charge in [-0.05, 0) is 61.6 Å². The highest BCUT2D eigenvalue weighted by atomic mass is 32.1. The van der Waals surface area contributed by atoms with Crippen LogP contribution in [0.1, 0.15) is 42.4 Å². The van der Waals surface area contributed by atoms with E-state index < -0.39 is 28.3 Å². The molecule has 2 aromatic rings. The molecule has 0 bridgehead atoms. The molecule has 1 N–H and O–H groups in total. The molecule has 6 nitrogen and oxygen atoms in total. The molecule has 1 heterocycles. The minimum Gasteiger partial charge on any atom is -0.359 e. The number of rotatable bonds is 5. The second-order valence-corrected chi connectivity index (χ2v) is 8.92. The second kappa shape index (κ2) is 8.87. The number of benzene rings is 2. The van der Waals surface area contributed by atoms with Gasteiger partial charge in [-0.2, -0.15) is 18.4 Å². The van der Waals surface area contributed by atoms with Crippen molar-refractivity contribution >= 4 is 35.8 Å². The number of nitrogens with one attached hydrogen (secondary N) is 1. The van der Waals surface area contributed by atoms with E-state index >= 15 is 0 Å². The van der Waals surface area contributed by atoms with Gasteiger partial charge in [0, 0.05) is 24.8 Å². The molecule has 1 aliphatic carbocycles. The molecule has 2 aromatic carbocycles. The van der Waals surface area contributed by atoms with Crippen molar-refractivity contribution in [3.05, 3.63) is 59.2 Å². The van der Waals surface area contributed by atoms with Crippen molar-refractivity contribution in [1.82, 2.24) is 5.32 Å².